The molecule has 2 atom stereocenters. The van der Waals surface area contributed by atoms with Crippen molar-refractivity contribution in [1.82, 2.24) is 5.32 Å². The molecule has 0 aromatic heterocycles. The summed E-state index contributed by atoms with van der Waals surface area (Å²) in [7, 11) is 0. The van der Waals surface area contributed by atoms with E-state index in [1.807, 2.05) is 0 Å². The lowest BCUT2D eigenvalue weighted by Crippen LogP contribution is -2.21. The Labute approximate surface area is 58.0 Å². The van der Waals surface area contributed by atoms with Gasteiger partial charge in [-0.05, 0) is 19.8 Å². The van der Waals surface area contributed by atoms with Crippen molar-refractivity contribution in [2.75, 3.05) is 0 Å². The van der Waals surface area contributed by atoms with Gasteiger partial charge in [0.15, 0.2) is 0 Å². The first-order chi connectivity index (χ1) is 3.29. The summed E-state index contributed by atoms with van der Waals surface area (Å²) in [6.45, 7) is 2.23. The number of rotatable bonds is 0. The van der Waals surface area contributed by atoms with Crippen LogP contribution in [-0.2, 0) is 0 Å². The molecule has 0 aromatic carbocycles. The summed E-state index contributed by atoms with van der Waals surface area (Å²) in [6.07, 6.45) is 2.70. The quantitative estimate of drug-likeness (QED) is 0.364. The minimum absolute atomic E-state index is 0.743. The molecule has 1 N–H and O–H groups in total. The lowest BCUT2D eigenvalue weighted by atomic mass is 10.3. The van der Waals surface area contributed by atoms with Crippen LogP contribution in [0.25, 0.3) is 0 Å². The molecule has 1 aliphatic rings. The first-order valence-electron chi connectivity index (χ1n) is 2.69. The van der Waals surface area contributed by atoms with Crippen molar-refractivity contribution >= 4 is 22.6 Å². The van der Waals surface area contributed by atoms with Crippen LogP contribution in [0, 0.1) is 0 Å². The molecule has 0 bridgehead atoms. The Morgan fingerprint density at radius 3 is 2.43 bits per heavy atom. The molecular formula is C5H10IN. The Bertz CT molecular complexity index is 57.1. The minimum atomic E-state index is 0.743. The Kier molecular flexibility index (Phi) is 1.92. The zero-order chi connectivity index (χ0) is 5.28. The molecular weight excluding hydrogens is 201 g/mol. The molecule has 0 aromatic rings. The third kappa shape index (κ3) is 1.57. The smallest absolute Gasteiger partial charge is 0.0596 e. The number of alkyl halides is 1. The van der Waals surface area contributed by atoms with E-state index in [0.29, 0.717) is 0 Å². The van der Waals surface area contributed by atoms with Crippen LogP contribution < -0.4 is 5.32 Å². The number of nitrogens with one attached hydrogen (secondary N) is 1. The second-order valence-electron chi connectivity index (χ2n) is 2.11. The molecule has 0 radical (unpaired) electrons. The summed E-state index contributed by atoms with van der Waals surface area (Å²) >= 11 is 2.44. The molecule has 2 unspecified atom stereocenters. The molecule has 0 amide bonds. The van der Waals surface area contributed by atoms with E-state index in [1.165, 1.54) is 12.8 Å². The van der Waals surface area contributed by atoms with Crippen molar-refractivity contribution in [3.8, 4) is 0 Å². The number of halogens is 1. The molecule has 1 fully saturated rings. The maximum absolute atomic E-state index is 3.40. The van der Waals surface area contributed by atoms with E-state index in [1.54, 1.807) is 0 Å². The highest BCUT2D eigenvalue weighted by Crippen LogP contribution is 2.15. The molecule has 7 heavy (non-hydrogen) atoms. The molecule has 42 valence electrons. The van der Waals surface area contributed by atoms with Gasteiger partial charge < -0.3 is 5.32 Å². The van der Waals surface area contributed by atoms with Crippen LogP contribution >= 0.6 is 22.6 Å². The number of hydrogen-bond donors (Lipinski definition) is 1. The second-order valence-corrected chi connectivity index (χ2v) is 3.62. The van der Waals surface area contributed by atoms with Gasteiger partial charge in [-0.15, -0.1) is 0 Å². The van der Waals surface area contributed by atoms with Gasteiger partial charge in [0.2, 0.25) is 0 Å². The molecule has 1 saturated heterocycles. The van der Waals surface area contributed by atoms with Crippen LogP contribution in [0.2, 0.25) is 0 Å². The maximum atomic E-state index is 3.40. The molecule has 1 heterocycles. The van der Waals surface area contributed by atoms with Crippen molar-refractivity contribution in [3.63, 3.8) is 0 Å². The fourth-order valence-electron chi connectivity index (χ4n) is 0.872. The highest BCUT2D eigenvalue weighted by atomic mass is 127. The lowest BCUT2D eigenvalue weighted by Gasteiger charge is -2.00. The molecule has 0 saturated carbocycles. The zero-order valence-electron chi connectivity index (χ0n) is 4.45. The average Bonchev–Trinajstić information content (AvgIpc) is 1.87. The molecule has 1 nitrogen and oxygen atoms in total. The fourth-order valence-corrected chi connectivity index (χ4v) is 1.85. The third-order valence-corrected chi connectivity index (χ3v) is 2.30. The Balaban J connectivity index is 2.26. The predicted octanol–water partition coefficient (Wildman–Crippen LogP) is 1.52. The molecule has 0 spiro atoms. The monoisotopic (exact) mass is 211 g/mol. The van der Waals surface area contributed by atoms with Crippen LogP contribution in [0.3, 0.4) is 0 Å². The second kappa shape index (κ2) is 2.31. The normalized spacial score (nSPS) is 42.0. The van der Waals surface area contributed by atoms with E-state index in [4.69, 9.17) is 0 Å². The summed E-state index contributed by atoms with van der Waals surface area (Å²) in [5, 5.41) is 3.40. The van der Waals surface area contributed by atoms with Gasteiger partial charge in [0.1, 0.15) is 0 Å². The summed E-state index contributed by atoms with van der Waals surface area (Å²) < 4.78 is 0.743. The maximum Gasteiger partial charge on any atom is 0.0596 e. The molecule has 1 rings (SSSR count). The van der Waals surface area contributed by atoms with E-state index in [2.05, 4.69) is 34.8 Å². The Morgan fingerprint density at radius 1 is 1.57 bits per heavy atom. The highest BCUT2D eigenvalue weighted by Gasteiger charge is 2.15. The van der Waals surface area contributed by atoms with Crippen molar-refractivity contribution in [2.45, 2.75) is 29.9 Å². The minimum Gasteiger partial charge on any atom is -0.303 e. The molecule has 2 heteroatoms. The van der Waals surface area contributed by atoms with Gasteiger partial charge >= 0.3 is 0 Å². The van der Waals surface area contributed by atoms with E-state index >= 15 is 0 Å². The van der Waals surface area contributed by atoms with E-state index in [-0.39, 0.29) is 0 Å². The van der Waals surface area contributed by atoms with Gasteiger partial charge in [-0.2, -0.15) is 0 Å². The predicted molar refractivity (Wildman–Crippen MR) is 39.6 cm³/mol. The Morgan fingerprint density at radius 2 is 2.29 bits per heavy atom. The van der Waals surface area contributed by atoms with Crippen LogP contribution in [-0.4, -0.2) is 10.1 Å². The summed E-state index contributed by atoms with van der Waals surface area (Å²) in [6, 6.07) is 0.766. The van der Waals surface area contributed by atoms with Crippen molar-refractivity contribution in [3.05, 3.63) is 0 Å². The van der Waals surface area contributed by atoms with Gasteiger partial charge in [0.25, 0.3) is 0 Å². The van der Waals surface area contributed by atoms with Crippen LogP contribution in [0.15, 0.2) is 0 Å². The van der Waals surface area contributed by atoms with Gasteiger partial charge in [0, 0.05) is 6.04 Å². The summed E-state index contributed by atoms with van der Waals surface area (Å²) in [4.78, 5) is 0. The van der Waals surface area contributed by atoms with Gasteiger partial charge in [0.05, 0.1) is 4.05 Å². The van der Waals surface area contributed by atoms with E-state index < -0.39 is 0 Å². The third-order valence-electron chi connectivity index (χ3n) is 1.32. The van der Waals surface area contributed by atoms with Gasteiger partial charge in [-0.1, -0.05) is 22.6 Å². The lowest BCUT2D eigenvalue weighted by molar-refractivity contribution is 0.659. The highest BCUT2D eigenvalue weighted by molar-refractivity contribution is 14.1. The SMILES string of the molecule is CC1CCC(I)N1. The first-order valence-corrected chi connectivity index (χ1v) is 3.94. The zero-order valence-corrected chi connectivity index (χ0v) is 6.60. The van der Waals surface area contributed by atoms with Crippen LogP contribution in [0.1, 0.15) is 19.8 Å². The Hall–Kier alpha value is 0.690. The topological polar surface area (TPSA) is 12.0 Å². The molecule has 0 aliphatic carbocycles. The van der Waals surface area contributed by atoms with Crippen LogP contribution in [0.5, 0.6) is 0 Å². The summed E-state index contributed by atoms with van der Waals surface area (Å²) in [5.74, 6) is 0. The van der Waals surface area contributed by atoms with E-state index in [9.17, 15) is 0 Å². The number of hydrogen-bond acceptors (Lipinski definition) is 1. The first kappa shape index (κ1) is 5.82. The van der Waals surface area contributed by atoms with Crippen molar-refractivity contribution < 1.29 is 0 Å². The van der Waals surface area contributed by atoms with Gasteiger partial charge in [-0.3, -0.25) is 0 Å². The molecule has 1 aliphatic heterocycles. The largest absolute Gasteiger partial charge is 0.303 e. The van der Waals surface area contributed by atoms with Crippen molar-refractivity contribution in [2.24, 2.45) is 0 Å². The van der Waals surface area contributed by atoms with E-state index in [0.717, 1.165) is 10.1 Å². The summed E-state index contributed by atoms with van der Waals surface area (Å²) in [5.41, 5.74) is 0. The average molecular weight is 211 g/mol. The van der Waals surface area contributed by atoms with Gasteiger partial charge in [-0.25, -0.2) is 0 Å². The standard InChI is InChI=1S/C5H10IN/c1-4-2-3-5(6)7-4/h4-5,7H,2-3H2,1H3. The fraction of sp³-hybridized carbons (Fsp3) is 1.00. The van der Waals surface area contributed by atoms with Crippen molar-refractivity contribution in [1.29, 1.82) is 0 Å². The van der Waals surface area contributed by atoms with Crippen LogP contribution in [0.4, 0.5) is 0 Å².